The molecule has 0 aliphatic heterocycles. The monoisotopic (exact) mass is 368 g/mol. The lowest BCUT2D eigenvalue weighted by Crippen LogP contribution is -2.38. The lowest BCUT2D eigenvalue weighted by atomic mass is 10.1. The van der Waals surface area contributed by atoms with E-state index in [4.69, 9.17) is 4.74 Å². The van der Waals surface area contributed by atoms with Crippen LogP contribution in [0.2, 0.25) is 0 Å². The number of hydrogen-bond donors (Lipinski definition) is 2. The predicted molar refractivity (Wildman–Crippen MR) is 107 cm³/mol. The molecule has 0 saturated heterocycles. The molecule has 1 unspecified atom stereocenters. The molecule has 0 aliphatic carbocycles. The van der Waals surface area contributed by atoms with Crippen molar-refractivity contribution in [3.63, 3.8) is 0 Å². The summed E-state index contributed by atoms with van der Waals surface area (Å²) in [5.41, 5.74) is 3.54. The van der Waals surface area contributed by atoms with Crippen LogP contribution in [0, 0.1) is 13.8 Å². The van der Waals surface area contributed by atoms with E-state index in [-0.39, 0.29) is 30.5 Å². The van der Waals surface area contributed by atoms with Crippen LogP contribution in [0.5, 0.6) is 5.75 Å². The number of carbonyl (C=O) groups is 2. The number of ether oxygens (including phenoxy) is 1. The minimum absolute atomic E-state index is 0.0711. The molecule has 0 saturated carbocycles. The van der Waals surface area contributed by atoms with Crippen LogP contribution in [0.25, 0.3) is 0 Å². The van der Waals surface area contributed by atoms with E-state index in [1.54, 1.807) is 0 Å². The van der Waals surface area contributed by atoms with Gasteiger partial charge >= 0.3 is 0 Å². The molecule has 144 valence electrons. The van der Waals surface area contributed by atoms with Crippen LogP contribution in [0.3, 0.4) is 0 Å². The molecule has 0 spiro atoms. The maximum atomic E-state index is 12.2. The van der Waals surface area contributed by atoms with Crippen LogP contribution in [0.15, 0.2) is 42.5 Å². The van der Waals surface area contributed by atoms with Crippen molar-refractivity contribution < 1.29 is 14.3 Å². The van der Waals surface area contributed by atoms with E-state index in [1.807, 2.05) is 77.1 Å². The highest BCUT2D eigenvalue weighted by molar-refractivity contribution is 5.96. The van der Waals surface area contributed by atoms with Gasteiger partial charge in [-0.1, -0.05) is 29.3 Å². The molecule has 2 aromatic carbocycles. The maximum absolute atomic E-state index is 12.2. The molecule has 0 aromatic heterocycles. The van der Waals surface area contributed by atoms with Gasteiger partial charge in [-0.25, -0.2) is 0 Å². The van der Waals surface area contributed by atoms with Gasteiger partial charge in [0.1, 0.15) is 5.75 Å². The summed E-state index contributed by atoms with van der Waals surface area (Å²) in [4.78, 5) is 24.5. The summed E-state index contributed by atoms with van der Waals surface area (Å²) in [5, 5.41) is 5.57. The van der Waals surface area contributed by atoms with Gasteiger partial charge in [0, 0.05) is 5.56 Å². The SMILES string of the molecule is Cc1cc(C)cc(C(=O)NCC(=O)NC(C)c2cccc(OC(C)C)c2)c1. The molecule has 5 nitrogen and oxygen atoms in total. The molecule has 27 heavy (non-hydrogen) atoms. The Bertz CT molecular complexity index is 795. The molecule has 2 aromatic rings. The summed E-state index contributed by atoms with van der Waals surface area (Å²) in [5.74, 6) is 0.277. The standard InChI is InChI=1S/C22H28N2O3/c1-14(2)27-20-8-6-7-18(12-20)17(5)24-21(25)13-23-22(26)19-10-15(3)9-16(4)11-19/h6-12,14,17H,13H2,1-5H3,(H,23,26)(H,24,25). The molecule has 0 bridgehead atoms. The summed E-state index contributed by atoms with van der Waals surface area (Å²) in [6.07, 6.45) is 0.0885. The number of amides is 2. The van der Waals surface area contributed by atoms with Crippen molar-refractivity contribution in [3.05, 3.63) is 64.7 Å². The van der Waals surface area contributed by atoms with Gasteiger partial charge in [-0.05, 0) is 64.4 Å². The summed E-state index contributed by atoms with van der Waals surface area (Å²) < 4.78 is 5.69. The topological polar surface area (TPSA) is 67.4 Å². The third kappa shape index (κ3) is 6.44. The van der Waals surface area contributed by atoms with Crippen LogP contribution < -0.4 is 15.4 Å². The Morgan fingerprint density at radius 1 is 1.00 bits per heavy atom. The van der Waals surface area contributed by atoms with Crippen molar-refractivity contribution in [1.29, 1.82) is 0 Å². The third-order valence-electron chi connectivity index (χ3n) is 4.00. The van der Waals surface area contributed by atoms with Gasteiger partial charge in [0.2, 0.25) is 5.91 Å². The van der Waals surface area contributed by atoms with Crippen molar-refractivity contribution >= 4 is 11.8 Å². The first-order valence-electron chi connectivity index (χ1n) is 9.17. The minimum atomic E-state index is -0.253. The average Bonchev–Trinajstić information content (AvgIpc) is 2.58. The van der Waals surface area contributed by atoms with Crippen molar-refractivity contribution in [3.8, 4) is 5.75 Å². The first kappa shape index (κ1) is 20.5. The number of rotatable bonds is 7. The zero-order valence-corrected chi connectivity index (χ0v) is 16.6. The smallest absolute Gasteiger partial charge is 0.251 e. The van der Waals surface area contributed by atoms with Gasteiger partial charge in [0.15, 0.2) is 0 Å². The van der Waals surface area contributed by atoms with Crippen LogP contribution in [0.1, 0.15) is 53.9 Å². The van der Waals surface area contributed by atoms with Crippen molar-refractivity contribution in [2.45, 2.75) is 46.8 Å². The minimum Gasteiger partial charge on any atom is -0.491 e. The second-order valence-corrected chi connectivity index (χ2v) is 7.09. The predicted octanol–water partition coefficient (Wildman–Crippen LogP) is 3.70. The molecular formula is C22H28N2O3. The Kier molecular flexibility index (Phi) is 6.99. The molecule has 0 heterocycles. The number of benzene rings is 2. The number of carbonyl (C=O) groups excluding carboxylic acids is 2. The largest absolute Gasteiger partial charge is 0.491 e. The fourth-order valence-electron chi connectivity index (χ4n) is 2.87. The normalized spacial score (nSPS) is 11.8. The summed E-state index contributed by atoms with van der Waals surface area (Å²) >= 11 is 0. The molecule has 0 fully saturated rings. The lowest BCUT2D eigenvalue weighted by Gasteiger charge is -2.17. The Morgan fingerprint density at radius 2 is 1.67 bits per heavy atom. The Balaban J connectivity index is 1.90. The van der Waals surface area contributed by atoms with E-state index in [2.05, 4.69) is 10.6 Å². The van der Waals surface area contributed by atoms with Crippen LogP contribution in [-0.4, -0.2) is 24.5 Å². The first-order chi connectivity index (χ1) is 12.7. The van der Waals surface area contributed by atoms with Crippen molar-refractivity contribution in [2.24, 2.45) is 0 Å². The van der Waals surface area contributed by atoms with E-state index >= 15 is 0 Å². The quantitative estimate of drug-likeness (QED) is 0.783. The fourth-order valence-corrected chi connectivity index (χ4v) is 2.87. The molecule has 2 amide bonds. The molecule has 0 aliphatic rings. The van der Waals surface area contributed by atoms with Gasteiger partial charge in [0.05, 0.1) is 18.7 Å². The lowest BCUT2D eigenvalue weighted by molar-refractivity contribution is -0.120. The maximum Gasteiger partial charge on any atom is 0.251 e. The Hall–Kier alpha value is -2.82. The van der Waals surface area contributed by atoms with Crippen LogP contribution in [0.4, 0.5) is 0 Å². The van der Waals surface area contributed by atoms with Crippen molar-refractivity contribution in [1.82, 2.24) is 10.6 Å². The van der Waals surface area contributed by atoms with Gasteiger partial charge in [-0.2, -0.15) is 0 Å². The zero-order chi connectivity index (χ0) is 20.0. The average molecular weight is 368 g/mol. The van der Waals surface area contributed by atoms with Crippen LogP contribution in [-0.2, 0) is 4.79 Å². The molecule has 5 heteroatoms. The van der Waals surface area contributed by atoms with E-state index in [1.165, 1.54) is 0 Å². The molecule has 1 atom stereocenters. The molecule has 0 radical (unpaired) electrons. The fraction of sp³-hybridized carbons (Fsp3) is 0.364. The van der Waals surface area contributed by atoms with Gasteiger partial charge in [-0.3, -0.25) is 9.59 Å². The van der Waals surface area contributed by atoms with E-state index in [9.17, 15) is 9.59 Å². The summed E-state index contributed by atoms with van der Waals surface area (Å²) in [7, 11) is 0. The number of aryl methyl sites for hydroxylation is 2. The third-order valence-corrected chi connectivity index (χ3v) is 4.00. The summed E-state index contributed by atoms with van der Waals surface area (Å²) in [6, 6.07) is 13.1. The van der Waals surface area contributed by atoms with Gasteiger partial charge in [0.25, 0.3) is 5.91 Å². The number of hydrogen-bond acceptors (Lipinski definition) is 3. The molecular weight excluding hydrogens is 340 g/mol. The van der Waals surface area contributed by atoms with E-state index < -0.39 is 0 Å². The molecule has 2 rings (SSSR count). The Morgan fingerprint density at radius 3 is 2.30 bits per heavy atom. The number of nitrogens with one attached hydrogen (secondary N) is 2. The van der Waals surface area contributed by atoms with Gasteiger partial charge in [-0.15, -0.1) is 0 Å². The Labute approximate surface area is 161 Å². The van der Waals surface area contributed by atoms with Gasteiger partial charge < -0.3 is 15.4 Å². The second-order valence-electron chi connectivity index (χ2n) is 7.09. The second kappa shape index (κ2) is 9.21. The highest BCUT2D eigenvalue weighted by atomic mass is 16.5. The van der Waals surface area contributed by atoms with E-state index in [0.29, 0.717) is 5.56 Å². The van der Waals surface area contributed by atoms with E-state index in [0.717, 1.165) is 22.4 Å². The molecule has 2 N–H and O–H groups in total. The highest BCUT2D eigenvalue weighted by Gasteiger charge is 2.13. The highest BCUT2D eigenvalue weighted by Crippen LogP contribution is 2.20. The van der Waals surface area contributed by atoms with Crippen LogP contribution >= 0.6 is 0 Å². The van der Waals surface area contributed by atoms with Crippen molar-refractivity contribution in [2.75, 3.05) is 6.54 Å². The summed E-state index contributed by atoms with van der Waals surface area (Å²) in [6.45, 7) is 9.65. The first-order valence-corrected chi connectivity index (χ1v) is 9.17. The zero-order valence-electron chi connectivity index (χ0n) is 16.6.